The summed E-state index contributed by atoms with van der Waals surface area (Å²) >= 11 is -3.11. The molecule has 0 aliphatic heterocycles. The van der Waals surface area contributed by atoms with Crippen molar-refractivity contribution >= 4 is 15.3 Å². The summed E-state index contributed by atoms with van der Waals surface area (Å²) < 4.78 is 21.1. The van der Waals surface area contributed by atoms with Crippen molar-refractivity contribution in [1.82, 2.24) is 0 Å². The predicted molar refractivity (Wildman–Crippen MR) is 19.3 cm³/mol. The molecule has 0 heterocycles. The van der Waals surface area contributed by atoms with Gasteiger partial charge in [0.15, 0.2) is 0 Å². The van der Waals surface area contributed by atoms with E-state index in [0.717, 1.165) is 0 Å². The Balaban J connectivity index is -0.0000000133. The normalized spacial score (nSPS) is 10.6. The summed E-state index contributed by atoms with van der Waals surface area (Å²) in [4.78, 5) is 0. The van der Waals surface area contributed by atoms with Crippen LogP contribution in [0.3, 0.4) is 0 Å². The van der Waals surface area contributed by atoms with E-state index in [2.05, 4.69) is 3.73 Å². The zero-order valence-electron chi connectivity index (χ0n) is 6.76. The fourth-order valence-corrected chi connectivity index (χ4v) is 0. The van der Waals surface area contributed by atoms with Crippen LogP contribution in [0.15, 0.2) is 0 Å². The third kappa shape index (κ3) is 17.8. The van der Waals surface area contributed by atoms with Crippen molar-refractivity contribution < 1.29 is 73.5 Å². The van der Waals surface area contributed by atoms with Gasteiger partial charge in [-0.25, -0.2) is 0 Å². The summed E-state index contributed by atoms with van der Waals surface area (Å²) in [7, 11) is 1.21. The maximum atomic E-state index is 9.40. The molecular weight excluding hydrogens is 181 g/mol. The van der Waals surface area contributed by atoms with Gasteiger partial charge < -0.3 is 2.85 Å². The van der Waals surface area contributed by atoms with Crippen LogP contribution in [0.1, 0.15) is 2.85 Å². The van der Waals surface area contributed by atoms with Crippen molar-refractivity contribution in [3.63, 3.8) is 0 Å². The molecule has 3 nitrogen and oxygen atoms in total. The van der Waals surface area contributed by atoms with Gasteiger partial charge in [0.05, 0.1) is 0 Å². The first-order valence-electron chi connectivity index (χ1n) is 1.04. The van der Waals surface area contributed by atoms with Gasteiger partial charge in [-0.05, 0) is 0 Å². The Hall–Kier alpha value is 2.28. The summed E-state index contributed by atoms with van der Waals surface area (Å²) in [5.74, 6) is 0. The van der Waals surface area contributed by atoms with Gasteiger partial charge in [0.25, 0.3) is 0 Å². The van der Waals surface area contributed by atoms with Crippen LogP contribution >= 0.6 is 0 Å². The van der Waals surface area contributed by atoms with E-state index >= 15 is 0 Å². The molecule has 1 atom stereocenters. The average molecular weight is 188 g/mol. The van der Waals surface area contributed by atoms with Gasteiger partial charge in [-0.3, -0.25) is 0 Å². The zero-order chi connectivity index (χ0) is 4.28. The Morgan fingerprint density at radius 1 is 1.71 bits per heavy atom. The van der Waals surface area contributed by atoms with E-state index < -0.39 is 15.3 Å². The molecule has 1 N–H and O–H groups in total. The quantitative estimate of drug-likeness (QED) is 0.416. The third-order valence-electron chi connectivity index (χ3n) is 0.175. The van der Waals surface area contributed by atoms with Crippen LogP contribution in [-0.2, 0) is 7.47 Å². The van der Waals surface area contributed by atoms with Crippen LogP contribution in [0.5, 0.6) is 0 Å². The van der Waals surface area contributed by atoms with E-state index in [-0.39, 0.29) is 62.0 Å². The molecule has 0 radical (unpaired) electrons. The molecule has 0 fully saturated rings. The predicted octanol–water partition coefficient (Wildman–Crippen LogP) is -6.99. The fraction of sp³-hybridized carbons (Fsp3) is 1.00. The summed E-state index contributed by atoms with van der Waals surface area (Å²) in [5.41, 5.74) is 0. The molecule has 0 aromatic rings. The van der Waals surface area contributed by atoms with Crippen LogP contribution in [0, 0.1) is 0 Å². The van der Waals surface area contributed by atoms with Crippen molar-refractivity contribution in [3.8, 4) is 0 Å². The second-order valence-corrected chi connectivity index (χ2v) is 2.44. The molecule has 0 saturated carbocycles. The molecule has 0 rings (SSSR count). The molecule has 0 aliphatic carbocycles. The SMILES string of the molecule is CO[AsH](=O)O.[H-].[H-].[Na+].[Na+]. The summed E-state index contributed by atoms with van der Waals surface area (Å²) in [6.45, 7) is 0. The Morgan fingerprint density at radius 3 is 1.86 bits per heavy atom. The van der Waals surface area contributed by atoms with Crippen molar-refractivity contribution in [2.75, 3.05) is 7.11 Å². The van der Waals surface area contributed by atoms with Crippen molar-refractivity contribution in [1.29, 1.82) is 0 Å². The van der Waals surface area contributed by atoms with E-state index in [9.17, 15) is 3.74 Å². The molecule has 0 aliphatic rings. The smallest absolute Gasteiger partial charge is 1.00 e. The zero-order valence-corrected chi connectivity index (χ0v) is 10.9. The molecule has 1 unspecified atom stereocenters. The molecule has 0 aromatic heterocycles. The van der Waals surface area contributed by atoms with E-state index in [1.165, 1.54) is 7.11 Å². The fourth-order valence-electron chi connectivity index (χ4n) is 0. The van der Waals surface area contributed by atoms with Crippen LogP contribution < -0.4 is 59.1 Å². The van der Waals surface area contributed by atoms with Crippen molar-refractivity contribution in [2.45, 2.75) is 0 Å². The van der Waals surface area contributed by atoms with E-state index in [0.29, 0.717) is 0 Å². The standard InChI is InChI=1S/CH5AsO3.2Na.2H/c1-5-2(3)4;;;;/h2H,1H3,(H,3,4);;;;/q;2*+1;2*-1. The number of hydrogen-bond donors (Lipinski definition) is 1. The largest absolute Gasteiger partial charge is 1.00 e. The minimum Gasteiger partial charge on any atom is -1.00 e. The monoisotopic (exact) mass is 188 g/mol. The minimum absolute atomic E-state index is 0. The van der Waals surface area contributed by atoms with E-state index in [4.69, 9.17) is 4.10 Å². The van der Waals surface area contributed by atoms with Gasteiger partial charge in [-0.2, -0.15) is 0 Å². The first-order chi connectivity index (χ1) is 2.27. The molecule has 0 bridgehead atoms. The van der Waals surface area contributed by atoms with Crippen LogP contribution in [0.4, 0.5) is 0 Å². The molecule has 6 heteroatoms. The van der Waals surface area contributed by atoms with Gasteiger partial charge in [-0.1, -0.05) is 0 Å². The Bertz CT molecular complexity index is 55.1. The Labute approximate surface area is 94.5 Å². The molecule has 0 spiro atoms. The molecule has 7 heavy (non-hydrogen) atoms. The van der Waals surface area contributed by atoms with E-state index in [1.807, 2.05) is 0 Å². The molecule has 0 amide bonds. The van der Waals surface area contributed by atoms with Crippen molar-refractivity contribution in [3.05, 3.63) is 0 Å². The van der Waals surface area contributed by atoms with Crippen LogP contribution in [-0.4, -0.2) is 26.5 Å². The molecule has 0 saturated heterocycles. The Morgan fingerprint density at radius 2 is 1.86 bits per heavy atom. The molecule has 0 aromatic carbocycles. The maximum absolute atomic E-state index is 9.40. The van der Waals surface area contributed by atoms with E-state index in [1.54, 1.807) is 0 Å². The Kier molecular flexibility index (Phi) is 25.6. The van der Waals surface area contributed by atoms with Gasteiger partial charge >= 0.3 is 93.1 Å². The van der Waals surface area contributed by atoms with Crippen molar-refractivity contribution in [2.24, 2.45) is 0 Å². The second kappa shape index (κ2) is 11.1. The second-order valence-electron chi connectivity index (χ2n) is 0.470. The first kappa shape index (κ1) is 16.1. The van der Waals surface area contributed by atoms with Crippen LogP contribution in [0.25, 0.3) is 0 Å². The number of rotatable bonds is 1. The summed E-state index contributed by atoms with van der Waals surface area (Å²) in [6, 6.07) is 0. The maximum Gasteiger partial charge on any atom is 1.00 e. The molecule has 36 valence electrons. The first-order valence-corrected chi connectivity index (χ1v) is 3.69. The molecular formula is CH7AsNa2O3. The summed E-state index contributed by atoms with van der Waals surface area (Å²) in [5, 5.41) is 0. The third-order valence-corrected chi connectivity index (χ3v) is 0.907. The topological polar surface area (TPSA) is 46.5 Å². The van der Waals surface area contributed by atoms with Crippen LogP contribution in [0.2, 0.25) is 0 Å². The minimum atomic E-state index is -3.11. The average Bonchev–Trinajstić information content (AvgIpc) is 1.38. The number of hydrogen-bond acceptors (Lipinski definition) is 2. The van der Waals surface area contributed by atoms with Gasteiger partial charge in [-0.15, -0.1) is 0 Å². The summed E-state index contributed by atoms with van der Waals surface area (Å²) in [6.07, 6.45) is 0. The van der Waals surface area contributed by atoms with Gasteiger partial charge in [0.1, 0.15) is 0 Å². The van der Waals surface area contributed by atoms with Gasteiger partial charge in [0, 0.05) is 0 Å². The van der Waals surface area contributed by atoms with Gasteiger partial charge in [0.2, 0.25) is 0 Å².